The lowest BCUT2D eigenvalue weighted by Crippen LogP contribution is -2.40. The highest BCUT2D eigenvalue weighted by molar-refractivity contribution is 5.97. The molecule has 3 heterocycles. The van der Waals surface area contributed by atoms with Gasteiger partial charge in [0.15, 0.2) is 0 Å². The second-order valence-electron chi connectivity index (χ2n) is 6.92. The van der Waals surface area contributed by atoms with Gasteiger partial charge in [-0.2, -0.15) is 0 Å². The molecule has 2 aliphatic rings. The van der Waals surface area contributed by atoms with E-state index < -0.39 is 0 Å². The fraction of sp³-hybridized carbons (Fsp3) is 0.450. The van der Waals surface area contributed by atoms with Crippen LogP contribution in [0.3, 0.4) is 0 Å². The van der Waals surface area contributed by atoms with Crippen molar-refractivity contribution in [3.8, 4) is 5.75 Å². The predicted octanol–water partition coefficient (Wildman–Crippen LogP) is 2.15. The number of carbonyl (C=O) groups excluding carboxylic acids is 1. The monoisotopic (exact) mass is 352 g/mol. The van der Waals surface area contributed by atoms with Crippen molar-refractivity contribution >= 4 is 5.91 Å². The van der Waals surface area contributed by atoms with E-state index in [0.29, 0.717) is 17.9 Å². The molecule has 2 aromatic rings. The highest BCUT2D eigenvalue weighted by Gasteiger charge is 2.29. The van der Waals surface area contributed by atoms with Crippen LogP contribution in [-0.2, 0) is 13.0 Å². The van der Waals surface area contributed by atoms with Crippen LogP contribution >= 0.6 is 0 Å². The largest absolute Gasteiger partial charge is 0.496 e. The number of benzene rings is 1. The fourth-order valence-electron chi connectivity index (χ4n) is 3.81. The molecule has 6 nitrogen and oxygen atoms in total. The Morgan fingerprint density at radius 3 is 3.12 bits per heavy atom. The van der Waals surface area contributed by atoms with Gasteiger partial charge in [0, 0.05) is 56.0 Å². The number of hydrogen-bond donors (Lipinski definition) is 1. The summed E-state index contributed by atoms with van der Waals surface area (Å²) in [5.74, 6) is 1.72. The first kappa shape index (κ1) is 17.0. The number of ether oxygens (including phenoxy) is 1. The highest BCUT2D eigenvalue weighted by atomic mass is 16.5. The summed E-state index contributed by atoms with van der Waals surface area (Å²) in [7, 11) is 1.60. The summed E-state index contributed by atoms with van der Waals surface area (Å²) in [6.07, 6.45) is 4.88. The number of amides is 1. The lowest BCUT2D eigenvalue weighted by molar-refractivity contribution is 0.0701. The van der Waals surface area contributed by atoms with Crippen LogP contribution in [0, 0.1) is 0 Å². The summed E-state index contributed by atoms with van der Waals surface area (Å²) < 4.78 is 5.35. The average molecular weight is 352 g/mol. The van der Waals surface area contributed by atoms with E-state index in [1.54, 1.807) is 7.11 Å². The molecule has 1 atom stereocenters. The number of carbonyl (C=O) groups is 1. The number of methoxy groups -OCH3 is 1. The molecule has 1 aromatic carbocycles. The maximum Gasteiger partial charge on any atom is 0.257 e. The van der Waals surface area contributed by atoms with Gasteiger partial charge < -0.3 is 15.0 Å². The molecular weight excluding hydrogens is 328 g/mol. The van der Waals surface area contributed by atoms with Gasteiger partial charge in [-0.05, 0) is 25.0 Å². The maximum absolute atomic E-state index is 13.0. The van der Waals surface area contributed by atoms with E-state index in [1.807, 2.05) is 35.4 Å². The molecule has 1 aromatic heterocycles. The van der Waals surface area contributed by atoms with Crippen LogP contribution in [0.25, 0.3) is 0 Å². The van der Waals surface area contributed by atoms with Crippen molar-refractivity contribution in [1.82, 2.24) is 20.2 Å². The molecule has 1 amide bonds. The Morgan fingerprint density at radius 2 is 2.23 bits per heavy atom. The van der Waals surface area contributed by atoms with Crippen LogP contribution in [0.15, 0.2) is 30.5 Å². The summed E-state index contributed by atoms with van der Waals surface area (Å²) in [6.45, 7) is 3.24. The van der Waals surface area contributed by atoms with Gasteiger partial charge in [0.2, 0.25) is 0 Å². The molecule has 0 spiro atoms. The van der Waals surface area contributed by atoms with E-state index in [1.165, 1.54) is 5.56 Å². The Hall–Kier alpha value is -2.47. The van der Waals surface area contributed by atoms with Gasteiger partial charge in [0.05, 0.1) is 12.7 Å². The van der Waals surface area contributed by atoms with Gasteiger partial charge in [-0.1, -0.05) is 12.1 Å². The molecule has 4 rings (SSSR count). The number of likely N-dealkylation sites (tertiary alicyclic amines) is 1. The summed E-state index contributed by atoms with van der Waals surface area (Å²) in [6, 6.07) is 7.41. The molecule has 136 valence electrons. The van der Waals surface area contributed by atoms with Gasteiger partial charge in [0.1, 0.15) is 11.6 Å². The van der Waals surface area contributed by atoms with Crippen molar-refractivity contribution in [3.63, 3.8) is 0 Å². The molecule has 2 aliphatic heterocycles. The number of nitrogens with zero attached hydrogens (tertiary/aromatic N) is 3. The summed E-state index contributed by atoms with van der Waals surface area (Å²) in [5, 5.41) is 3.35. The van der Waals surface area contributed by atoms with Crippen LogP contribution in [0.4, 0.5) is 0 Å². The van der Waals surface area contributed by atoms with Crippen molar-refractivity contribution in [2.75, 3.05) is 26.7 Å². The summed E-state index contributed by atoms with van der Waals surface area (Å²) in [5.41, 5.74) is 2.97. The minimum Gasteiger partial charge on any atom is -0.496 e. The van der Waals surface area contributed by atoms with Crippen LogP contribution in [-0.4, -0.2) is 47.5 Å². The van der Waals surface area contributed by atoms with Gasteiger partial charge in [-0.25, -0.2) is 9.97 Å². The molecular formula is C20H24N4O2. The highest BCUT2D eigenvalue weighted by Crippen LogP contribution is 2.28. The van der Waals surface area contributed by atoms with E-state index >= 15 is 0 Å². The zero-order valence-electron chi connectivity index (χ0n) is 15.1. The lowest BCUT2D eigenvalue weighted by atomic mass is 9.95. The molecule has 1 N–H and O–H groups in total. The Morgan fingerprint density at radius 1 is 1.35 bits per heavy atom. The zero-order valence-corrected chi connectivity index (χ0v) is 15.1. The van der Waals surface area contributed by atoms with Gasteiger partial charge in [0.25, 0.3) is 5.91 Å². The number of piperidine rings is 1. The van der Waals surface area contributed by atoms with E-state index in [4.69, 9.17) is 9.72 Å². The number of hydrogen-bond acceptors (Lipinski definition) is 5. The topological polar surface area (TPSA) is 67.3 Å². The first-order chi connectivity index (χ1) is 12.8. The molecule has 26 heavy (non-hydrogen) atoms. The first-order valence-electron chi connectivity index (χ1n) is 9.24. The maximum atomic E-state index is 13.0. The van der Waals surface area contributed by atoms with Crippen molar-refractivity contribution < 1.29 is 9.53 Å². The second kappa shape index (κ2) is 7.41. The molecule has 0 radical (unpaired) electrons. The SMILES string of the molecule is COc1ccccc1C(=O)N1CCCC(c2ncc3c(n2)CCNC3)C1. The molecule has 0 aliphatic carbocycles. The number of para-hydroxylation sites is 1. The third-order valence-corrected chi connectivity index (χ3v) is 5.24. The minimum atomic E-state index is 0.0225. The van der Waals surface area contributed by atoms with Gasteiger partial charge in [-0.15, -0.1) is 0 Å². The van der Waals surface area contributed by atoms with E-state index in [0.717, 1.165) is 50.4 Å². The molecule has 1 fully saturated rings. The quantitative estimate of drug-likeness (QED) is 0.917. The van der Waals surface area contributed by atoms with Crippen LogP contribution in [0.2, 0.25) is 0 Å². The Kier molecular flexibility index (Phi) is 4.84. The van der Waals surface area contributed by atoms with E-state index in [-0.39, 0.29) is 11.8 Å². The van der Waals surface area contributed by atoms with E-state index in [9.17, 15) is 4.79 Å². The van der Waals surface area contributed by atoms with E-state index in [2.05, 4.69) is 10.3 Å². The molecule has 6 heteroatoms. The normalized spacial score (nSPS) is 19.7. The van der Waals surface area contributed by atoms with Crippen molar-refractivity contribution in [2.45, 2.75) is 31.7 Å². The minimum absolute atomic E-state index is 0.0225. The van der Waals surface area contributed by atoms with Crippen molar-refractivity contribution in [3.05, 3.63) is 53.1 Å². The lowest BCUT2D eigenvalue weighted by Gasteiger charge is -2.32. The standard InChI is InChI=1S/C20H24N4O2/c1-26-18-7-3-2-6-16(18)20(25)24-10-4-5-14(13-24)19-22-12-15-11-21-9-8-17(15)23-19/h2-3,6-7,12,14,21H,4-5,8-11,13H2,1H3. The summed E-state index contributed by atoms with van der Waals surface area (Å²) >= 11 is 0. The van der Waals surface area contributed by atoms with Crippen LogP contribution < -0.4 is 10.1 Å². The molecule has 1 saturated heterocycles. The van der Waals surface area contributed by atoms with Gasteiger partial charge in [-0.3, -0.25) is 4.79 Å². The Bertz CT molecular complexity index is 808. The fourth-order valence-corrected chi connectivity index (χ4v) is 3.81. The number of aromatic nitrogens is 2. The molecule has 0 saturated carbocycles. The summed E-state index contributed by atoms with van der Waals surface area (Å²) in [4.78, 5) is 24.3. The Labute approximate surface area is 153 Å². The van der Waals surface area contributed by atoms with Gasteiger partial charge >= 0.3 is 0 Å². The van der Waals surface area contributed by atoms with Crippen LogP contribution in [0.5, 0.6) is 5.75 Å². The zero-order chi connectivity index (χ0) is 17.9. The van der Waals surface area contributed by atoms with Crippen LogP contribution in [0.1, 0.15) is 46.2 Å². The third kappa shape index (κ3) is 3.29. The Balaban J connectivity index is 1.53. The van der Waals surface area contributed by atoms with Crippen molar-refractivity contribution in [2.24, 2.45) is 0 Å². The number of nitrogens with one attached hydrogen (secondary N) is 1. The molecule has 0 bridgehead atoms. The smallest absolute Gasteiger partial charge is 0.257 e. The molecule has 1 unspecified atom stereocenters. The number of rotatable bonds is 3. The second-order valence-corrected chi connectivity index (χ2v) is 6.92. The predicted molar refractivity (Wildman–Crippen MR) is 98.3 cm³/mol. The number of fused-ring (bicyclic) bond motifs is 1. The van der Waals surface area contributed by atoms with Crippen molar-refractivity contribution in [1.29, 1.82) is 0 Å². The average Bonchev–Trinajstić information content (AvgIpc) is 2.73. The first-order valence-corrected chi connectivity index (χ1v) is 9.24. The third-order valence-electron chi connectivity index (χ3n) is 5.24.